The van der Waals surface area contributed by atoms with Crippen molar-refractivity contribution in [2.45, 2.75) is 25.7 Å². The summed E-state index contributed by atoms with van der Waals surface area (Å²) in [6.07, 6.45) is -0.0139. The molecule has 3 heteroatoms. The van der Waals surface area contributed by atoms with Crippen LogP contribution in [0.4, 0.5) is 0 Å². The zero-order valence-electron chi connectivity index (χ0n) is 5.81. The van der Waals surface area contributed by atoms with Gasteiger partial charge in [0, 0.05) is 0 Å². The highest BCUT2D eigenvalue weighted by atomic mass is 16.7. The Labute approximate surface area is 54.6 Å². The second-order valence-electron chi connectivity index (χ2n) is 2.65. The maximum absolute atomic E-state index is 6.97. The molecule has 1 heterocycles. The molecule has 1 fully saturated rings. The maximum atomic E-state index is 6.97. The van der Waals surface area contributed by atoms with E-state index in [-0.39, 0.29) is 6.10 Å². The van der Waals surface area contributed by atoms with Gasteiger partial charge in [0.25, 0.3) is 0 Å². The second kappa shape index (κ2) is 2.25. The van der Waals surface area contributed by atoms with Crippen molar-refractivity contribution in [1.82, 2.24) is 0 Å². The summed E-state index contributed by atoms with van der Waals surface area (Å²) in [4.78, 5) is 0. The van der Waals surface area contributed by atoms with Gasteiger partial charge in [-0.1, -0.05) is 0 Å². The largest absolute Gasteiger partial charge is 0.443 e. The Morgan fingerprint density at radius 3 is 2.56 bits per heavy atom. The number of hydrogen-bond acceptors (Lipinski definition) is 2. The molecule has 1 rings (SSSR count). The summed E-state index contributed by atoms with van der Waals surface area (Å²) in [7, 11) is 0. The molecule has 1 aliphatic rings. The lowest BCUT2D eigenvalue weighted by molar-refractivity contribution is -0.142. The van der Waals surface area contributed by atoms with Gasteiger partial charge in [0.1, 0.15) is 0 Å². The van der Waals surface area contributed by atoms with Crippen LogP contribution >= 0.6 is 0 Å². The summed E-state index contributed by atoms with van der Waals surface area (Å²) < 4.78 is 10.5. The van der Waals surface area contributed by atoms with Gasteiger partial charge in [0.2, 0.25) is 0 Å². The van der Waals surface area contributed by atoms with Crippen LogP contribution in [0, 0.1) is 0 Å². The maximum Gasteiger partial charge on any atom is 0.172 e. The summed E-state index contributed by atoms with van der Waals surface area (Å²) in [5, 5.41) is 6.97. The Kier molecular flexibility index (Phi) is 1.75. The van der Waals surface area contributed by atoms with Crippen molar-refractivity contribution in [1.29, 1.82) is 0 Å². The van der Waals surface area contributed by atoms with Gasteiger partial charge in [-0.15, -0.1) is 0 Å². The van der Waals surface area contributed by atoms with Crippen LogP contribution in [0.3, 0.4) is 0 Å². The molecule has 2 N–H and O–H groups in total. The van der Waals surface area contributed by atoms with Crippen LogP contribution in [-0.4, -0.2) is 30.2 Å². The third-order valence-corrected chi connectivity index (χ3v) is 1.29. The van der Waals surface area contributed by atoms with Gasteiger partial charge in [-0.05, 0) is 13.8 Å². The lowest BCUT2D eigenvalue weighted by Crippen LogP contribution is -2.22. The van der Waals surface area contributed by atoms with E-state index < -0.39 is 5.79 Å². The lowest BCUT2D eigenvalue weighted by Gasteiger charge is -2.15. The highest BCUT2D eigenvalue weighted by Crippen LogP contribution is 2.21. The van der Waals surface area contributed by atoms with Crippen molar-refractivity contribution in [3.63, 3.8) is 0 Å². The van der Waals surface area contributed by atoms with Crippen LogP contribution in [0.1, 0.15) is 13.8 Å². The van der Waals surface area contributed by atoms with Crippen LogP contribution in [0.25, 0.3) is 0 Å². The summed E-state index contributed by atoms with van der Waals surface area (Å²) in [5.41, 5.74) is 0. The standard InChI is InChI=1S/C6H12O3/c1-6(2)8-4-5(3-7)9-6/h5,7H,3-4H2,1-2H3/p+1/t5-/m0/s1. The van der Waals surface area contributed by atoms with E-state index in [0.29, 0.717) is 13.2 Å². The molecule has 0 radical (unpaired) electrons. The Morgan fingerprint density at radius 2 is 2.33 bits per heavy atom. The van der Waals surface area contributed by atoms with E-state index in [0.717, 1.165) is 0 Å². The van der Waals surface area contributed by atoms with E-state index in [1.807, 2.05) is 13.8 Å². The molecule has 0 unspecified atom stereocenters. The minimum Gasteiger partial charge on any atom is -0.443 e. The van der Waals surface area contributed by atoms with Crippen LogP contribution < -0.4 is 0 Å². The van der Waals surface area contributed by atoms with Crippen molar-refractivity contribution in [3.8, 4) is 0 Å². The molecule has 0 saturated carbocycles. The first-order valence-corrected chi connectivity index (χ1v) is 3.10. The van der Waals surface area contributed by atoms with Gasteiger partial charge >= 0.3 is 0 Å². The van der Waals surface area contributed by atoms with Crippen LogP contribution in [-0.2, 0) is 9.47 Å². The van der Waals surface area contributed by atoms with E-state index in [4.69, 9.17) is 14.6 Å². The van der Waals surface area contributed by atoms with Crippen molar-refractivity contribution in [2.75, 3.05) is 13.2 Å². The molecule has 0 amide bonds. The summed E-state index contributed by atoms with van der Waals surface area (Å²) in [6.45, 7) is 4.59. The molecule has 1 aliphatic heterocycles. The summed E-state index contributed by atoms with van der Waals surface area (Å²) >= 11 is 0. The lowest BCUT2D eigenvalue weighted by atomic mass is 10.4. The third kappa shape index (κ3) is 1.64. The van der Waals surface area contributed by atoms with E-state index in [9.17, 15) is 0 Å². The van der Waals surface area contributed by atoms with Crippen LogP contribution in [0.2, 0.25) is 0 Å². The quantitative estimate of drug-likeness (QED) is 0.467. The van der Waals surface area contributed by atoms with E-state index in [2.05, 4.69) is 0 Å². The molecule has 0 aromatic carbocycles. The van der Waals surface area contributed by atoms with E-state index >= 15 is 0 Å². The minimum absolute atomic E-state index is 0.0139. The monoisotopic (exact) mass is 133 g/mol. The molecular weight excluding hydrogens is 120 g/mol. The molecule has 0 aliphatic carbocycles. The molecule has 54 valence electrons. The molecule has 1 atom stereocenters. The zero-order chi connectivity index (χ0) is 6.91. The van der Waals surface area contributed by atoms with Crippen LogP contribution in [0.5, 0.6) is 0 Å². The van der Waals surface area contributed by atoms with Crippen molar-refractivity contribution in [2.24, 2.45) is 0 Å². The highest BCUT2D eigenvalue weighted by molar-refractivity contribution is 4.69. The fourth-order valence-electron chi connectivity index (χ4n) is 0.864. The Hall–Kier alpha value is -0.120. The predicted molar refractivity (Wildman–Crippen MR) is 33.4 cm³/mol. The topological polar surface area (TPSA) is 41.4 Å². The Morgan fingerprint density at radius 1 is 1.67 bits per heavy atom. The third-order valence-electron chi connectivity index (χ3n) is 1.29. The van der Waals surface area contributed by atoms with Crippen molar-refractivity contribution >= 4 is 0 Å². The molecule has 0 spiro atoms. The number of ether oxygens (including phenoxy) is 2. The first kappa shape index (κ1) is 6.99. The SMILES string of the molecule is CC1(C)OC[C@H](C[OH2+])O1. The van der Waals surface area contributed by atoms with Crippen molar-refractivity contribution in [3.05, 3.63) is 0 Å². The Balaban J connectivity index is 2.38. The van der Waals surface area contributed by atoms with Crippen molar-refractivity contribution < 1.29 is 14.6 Å². The normalized spacial score (nSPS) is 33.0. The highest BCUT2D eigenvalue weighted by Gasteiger charge is 2.33. The van der Waals surface area contributed by atoms with Gasteiger partial charge in [0.05, 0.1) is 6.61 Å². The van der Waals surface area contributed by atoms with Gasteiger partial charge < -0.3 is 14.6 Å². The fraction of sp³-hybridized carbons (Fsp3) is 1.00. The van der Waals surface area contributed by atoms with Gasteiger partial charge in [-0.25, -0.2) is 0 Å². The predicted octanol–water partition coefficient (Wildman–Crippen LogP) is -0.137. The van der Waals surface area contributed by atoms with Gasteiger partial charge in [-0.3, -0.25) is 0 Å². The van der Waals surface area contributed by atoms with E-state index in [1.54, 1.807) is 0 Å². The fourth-order valence-corrected chi connectivity index (χ4v) is 0.864. The molecule has 0 bridgehead atoms. The van der Waals surface area contributed by atoms with E-state index in [1.165, 1.54) is 0 Å². The average Bonchev–Trinajstić information content (AvgIpc) is 2.10. The molecule has 3 nitrogen and oxygen atoms in total. The van der Waals surface area contributed by atoms with Crippen LogP contribution in [0.15, 0.2) is 0 Å². The zero-order valence-corrected chi connectivity index (χ0v) is 5.81. The molecule has 9 heavy (non-hydrogen) atoms. The molecule has 0 aromatic rings. The number of hydrogen-bond donors (Lipinski definition) is 0. The smallest absolute Gasteiger partial charge is 0.172 e. The summed E-state index contributed by atoms with van der Waals surface area (Å²) in [5.74, 6) is -0.453. The van der Waals surface area contributed by atoms with Gasteiger partial charge in [0.15, 0.2) is 18.5 Å². The second-order valence-corrected chi connectivity index (χ2v) is 2.65. The Bertz CT molecular complexity index is 100. The minimum atomic E-state index is -0.453. The molecule has 0 aromatic heterocycles. The summed E-state index contributed by atoms with van der Waals surface area (Å²) in [6, 6.07) is 0. The molecule has 1 saturated heterocycles. The molecular formula is C6H13O3+. The first-order valence-electron chi connectivity index (χ1n) is 3.10. The first-order chi connectivity index (χ1) is 4.14. The average molecular weight is 133 g/mol. The van der Waals surface area contributed by atoms with Gasteiger partial charge in [-0.2, -0.15) is 0 Å². The number of rotatable bonds is 1.